The molecule has 1 aromatic rings. The van der Waals surface area contributed by atoms with Crippen molar-refractivity contribution in [3.63, 3.8) is 0 Å². The van der Waals surface area contributed by atoms with E-state index in [1.54, 1.807) is 17.0 Å². The first-order valence-corrected chi connectivity index (χ1v) is 7.49. The van der Waals surface area contributed by atoms with E-state index in [9.17, 15) is 14.0 Å². The average Bonchev–Trinajstić information content (AvgIpc) is 3.31. The molecule has 112 valence electrons. The molecule has 1 aromatic carbocycles. The van der Waals surface area contributed by atoms with Crippen molar-refractivity contribution in [2.75, 3.05) is 13.1 Å². The first-order chi connectivity index (χ1) is 10.1. The van der Waals surface area contributed by atoms with Gasteiger partial charge in [-0.2, -0.15) is 0 Å². The summed E-state index contributed by atoms with van der Waals surface area (Å²) < 4.78 is 13.6. The Hall–Kier alpha value is -1.91. The second-order valence-corrected chi connectivity index (χ2v) is 5.83. The summed E-state index contributed by atoms with van der Waals surface area (Å²) in [5, 5.41) is 3.01. The van der Waals surface area contributed by atoms with Gasteiger partial charge in [-0.3, -0.25) is 9.59 Å². The third-order valence-electron chi connectivity index (χ3n) is 4.18. The summed E-state index contributed by atoms with van der Waals surface area (Å²) in [5.41, 5.74) is 0.110. The maximum Gasteiger partial charge on any atom is 0.256 e. The third-order valence-corrected chi connectivity index (χ3v) is 4.18. The van der Waals surface area contributed by atoms with E-state index in [4.69, 9.17) is 0 Å². The van der Waals surface area contributed by atoms with Gasteiger partial charge >= 0.3 is 0 Å². The molecule has 0 atom stereocenters. The summed E-state index contributed by atoms with van der Waals surface area (Å²) in [6.07, 6.45) is 3.46. The summed E-state index contributed by atoms with van der Waals surface area (Å²) in [7, 11) is 0. The van der Waals surface area contributed by atoms with Crippen LogP contribution >= 0.6 is 0 Å². The van der Waals surface area contributed by atoms with Gasteiger partial charge < -0.3 is 10.2 Å². The number of piperidine rings is 1. The summed E-state index contributed by atoms with van der Waals surface area (Å²) in [6, 6.07) is 6.40. The number of hydrogen-bond donors (Lipinski definition) is 1. The molecule has 2 aliphatic rings. The minimum Gasteiger partial charge on any atom is -0.353 e. The zero-order valence-corrected chi connectivity index (χ0v) is 11.8. The number of amides is 2. The Balaban J connectivity index is 1.56. The highest BCUT2D eigenvalue weighted by molar-refractivity contribution is 5.94. The minimum absolute atomic E-state index is 0.0183. The van der Waals surface area contributed by atoms with E-state index in [0.29, 0.717) is 32.0 Å². The summed E-state index contributed by atoms with van der Waals surface area (Å²) >= 11 is 0. The van der Waals surface area contributed by atoms with Gasteiger partial charge in [0.2, 0.25) is 5.91 Å². The summed E-state index contributed by atoms with van der Waals surface area (Å²) in [4.78, 5) is 25.9. The van der Waals surface area contributed by atoms with Crippen LogP contribution in [-0.4, -0.2) is 35.8 Å². The van der Waals surface area contributed by atoms with Gasteiger partial charge in [-0.25, -0.2) is 4.39 Å². The summed E-state index contributed by atoms with van der Waals surface area (Å²) in [6.45, 7) is 1.02. The highest BCUT2D eigenvalue weighted by Gasteiger charge is 2.31. The highest BCUT2D eigenvalue weighted by Crippen LogP contribution is 2.23. The zero-order valence-electron chi connectivity index (χ0n) is 11.8. The largest absolute Gasteiger partial charge is 0.353 e. The van der Waals surface area contributed by atoms with Gasteiger partial charge in [0.05, 0.1) is 5.56 Å². The Bertz CT molecular complexity index is 549. The molecule has 1 aliphatic heterocycles. The van der Waals surface area contributed by atoms with Gasteiger partial charge in [-0.1, -0.05) is 12.1 Å². The topological polar surface area (TPSA) is 49.4 Å². The molecular weight excluding hydrogens is 271 g/mol. The van der Waals surface area contributed by atoms with E-state index in [2.05, 4.69) is 5.32 Å². The van der Waals surface area contributed by atoms with Crippen molar-refractivity contribution in [3.8, 4) is 0 Å². The second-order valence-electron chi connectivity index (χ2n) is 5.83. The Morgan fingerprint density at radius 1 is 1.10 bits per heavy atom. The van der Waals surface area contributed by atoms with Crippen LogP contribution in [0.15, 0.2) is 24.3 Å². The first kappa shape index (κ1) is 14.0. The first-order valence-electron chi connectivity index (χ1n) is 7.49. The van der Waals surface area contributed by atoms with E-state index < -0.39 is 5.82 Å². The third kappa shape index (κ3) is 3.23. The van der Waals surface area contributed by atoms with Crippen LogP contribution in [0.3, 0.4) is 0 Å². The number of likely N-dealkylation sites (tertiary alicyclic amines) is 1. The van der Waals surface area contributed by atoms with Crippen LogP contribution in [0.25, 0.3) is 0 Å². The molecule has 0 bridgehead atoms. The van der Waals surface area contributed by atoms with Crippen molar-refractivity contribution < 1.29 is 14.0 Å². The number of carbonyl (C=O) groups excluding carboxylic acids is 2. The Kier molecular flexibility index (Phi) is 3.90. The van der Waals surface area contributed by atoms with Crippen LogP contribution in [0.1, 0.15) is 36.0 Å². The molecule has 2 fully saturated rings. The molecule has 0 aromatic heterocycles. The van der Waals surface area contributed by atoms with Gasteiger partial charge in [0.15, 0.2) is 0 Å². The Labute approximate surface area is 123 Å². The van der Waals surface area contributed by atoms with Crippen molar-refractivity contribution >= 4 is 11.8 Å². The molecule has 3 rings (SSSR count). The number of nitrogens with one attached hydrogen (secondary N) is 1. The van der Waals surface area contributed by atoms with Crippen molar-refractivity contribution in [2.24, 2.45) is 5.92 Å². The maximum absolute atomic E-state index is 13.6. The number of benzene rings is 1. The maximum atomic E-state index is 13.6. The van der Waals surface area contributed by atoms with E-state index in [-0.39, 0.29) is 23.3 Å². The van der Waals surface area contributed by atoms with E-state index >= 15 is 0 Å². The highest BCUT2D eigenvalue weighted by atomic mass is 19.1. The predicted molar refractivity (Wildman–Crippen MR) is 76.2 cm³/mol. The average molecular weight is 290 g/mol. The number of nitrogens with zero attached hydrogens (tertiary/aromatic N) is 1. The van der Waals surface area contributed by atoms with E-state index in [1.165, 1.54) is 12.1 Å². The van der Waals surface area contributed by atoms with Crippen LogP contribution in [0.4, 0.5) is 4.39 Å². The molecular formula is C16H19FN2O2. The monoisotopic (exact) mass is 290 g/mol. The number of carbonyl (C=O) groups is 2. The lowest BCUT2D eigenvalue weighted by Gasteiger charge is -2.31. The minimum atomic E-state index is -0.490. The molecule has 1 heterocycles. The molecule has 1 N–H and O–H groups in total. The lowest BCUT2D eigenvalue weighted by molar-refractivity contribution is -0.126. The van der Waals surface area contributed by atoms with Crippen LogP contribution in [0, 0.1) is 11.7 Å². The molecule has 0 spiro atoms. The molecule has 4 nitrogen and oxygen atoms in total. The molecule has 1 aliphatic carbocycles. The zero-order chi connectivity index (χ0) is 14.8. The lowest BCUT2D eigenvalue weighted by atomic mass is 9.95. The van der Waals surface area contributed by atoms with Crippen LogP contribution in [0.5, 0.6) is 0 Å². The Morgan fingerprint density at radius 3 is 2.38 bits per heavy atom. The van der Waals surface area contributed by atoms with Crippen molar-refractivity contribution in [3.05, 3.63) is 35.6 Å². The van der Waals surface area contributed by atoms with Crippen LogP contribution in [-0.2, 0) is 4.79 Å². The molecule has 1 saturated heterocycles. The smallest absolute Gasteiger partial charge is 0.256 e. The van der Waals surface area contributed by atoms with Crippen LogP contribution < -0.4 is 5.32 Å². The number of halogens is 1. The summed E-state index contributed by atoms with van der Waals surface area (Å²) in [5.74, 6) is -0.684. The fraction of sp³-hybridized carbons (Fsp3) is 0.500. The van der Waals surface area contributed by atoms with Crippen molar-refractivity contribution in [1.82, 2.24) is 10.2 Å². The standard InChI is InChI=1S/C16H19FN2O2/c17-14-4-2-1-3-13(14)16(21)19-9-7-11(8-10-19)15(20)18-12-5-6-12/h1-4,11-12H,5-10H2,(H,18,20). The van der Waals surface area contributed by atoms with Gasteiger partial charge in [-0.15, -0.1) is 0 Å². The lowest BCUT2D eigenvalue weighted by Crippen LogP contribution is -2.43. The van der Waals surface area contributed by atoms with Crippen LogP contribution in [0.2, 0.25) is 0 Å². The SMILES string of the molecule is O=C(NC1CC1)C1CCN(C(=O)c2ccccc2F)CC1. The molecule has 21 heavy (non-hydrogen) atoms. The van der Waals surface area contributed by atoms with E-state index in [1.807, 2.05) is 0 Å². The molecule has 0 unspecified atom stereocenters. The quantitative estimate of drug-likeness (QED) is 0.925. The molecule has 1 saturated carbocycles. The normalized spacial score (nSPS) is 19.4. The molecule has 0 radical (unpaired) electrons. The van der Waals surface area contributed by atoms with E-state index in [0.717, 1.165) is 12.8 Å². The predicted octanol–water partition coefficient (Wildman–Crippen LogP) is 1.96. The Morgan fingerprint density at radius 2 is 1.76 bits per heavy atom. The van der Waals surface area contributed by atoms with Gasteiger partial charge in [-0.05, 0) is 37.8 Å². The second kappa shape index (κ2) is 5.84. The molecule has 2 amide bonds. The number of rotatable bonds is 3. The number of hydrogen-bond acceptors (Lipinski definition) is 2. The fourth-order valence-electron chi connectivity index (χ4n) is 2.70. The van der Waals surface area contributed by atoms with Gasteiger partial charge in [0, 0.05) is 25.0 Å². The fourth-order valence-corrected chi connectivity index (χ4v) is 2.70. The van der Waals surface area contributed by atoms with Crippen molar-refractivity contribution in [2.45, 2.75) is 31.7 Å². The van der Waals surface area contributed by atoms with Gasteiger partial charge in [0.25, 0.3) is 5.91 Å². The van der Waals surface area contributed by atoms with Gasteiger partial charge in [0.1, 0.15) is 5.82 Å². The molecule has 5 heteroatoms. The van der Waals surface area contributed by atoms with Crippen molar-refractivity contribution in [1.29, 1.82) is 0 Å².